The van der Waals surface area contributed by atoms with Gasteiger partial charge >= 0.3 is 5.97 Å². The Labute approximate surface area is 208 Å². The van der Waals surface area contributed by atoms with Gasteiger partial charge in [-0.15, -0.1) is 21.5 Å². The lowest BCUT2D eigenvalue weighted by Gasteiger charge is -2.09. The summed E-state index contributed by atoms with van der Waals surface area (Å²) >= 11 is 6.10. The molecule has 0 bridgehead atoms. The Morgan fingerprint density at radius 1 is 1.24 bits per heavy atom. The van der Waals surface area contributed by atoms with Crippen LogP contribution in [0, 0.1) is 0 Å². The van der Waals surface area contributed by atoms with Gasteiger partial charge in [-0.25, -0.2) is 4.79 Å². The Balaban J connectivity index is 1.49. The highest BCUT2D eigenvalue weighted by molar-refractivity contribution is 9.10. The number of amides is 1. The molecule has 0 unspecified atom stereocenters. The van der Waals surface area contributed by atoms with E-state index >= 15 is 0 Å². The van der Waals surface area contributed by atoms with E-state index < -0.39 is 0 Å². The molecule has 176 valence electrons. The molecule has 4 rings (SSSR count). The highest BCUT2D eigenvalue weighted by Gasteiger charge is 2.27. The monoisotopic (exact) mass is 552 g/mol. The first-order valence-electron chi connectivity index (χ1n) is 10.9. The number of halogens is 1. The molecule has 1 aliphatic carbocycles. The van der Waals surface area contributed by atoms with E-state index in [9.17, 15) is 9.59 Å². The van der Waals surface area contributed by atoms with Crippen LogP contribution in [-0.2, 0) is 28.9 Å². The van der Waals surface area contributed by atoms with Gasteiger partial charge in [-0.05, 0) is 73.2 Å². The summed E-state index contributed by atoms with van der Waals surface area (Å²) in [5.41, 5.74) is 1.57. The second-order valence-electron chi connectivity index (χ2n) is 7.48. The summed E-state index contributed by atoms with van der Waals surface area (Å²) in [6.45, 7) is 4.71. The van der Waals surface area contributed by atoms with Crippen LogP contribution in [0.1, 0.15) is 53.9 Å². The van der Waals surface area contributed by atoms with Gasteiger partial charge in [0, 0.05) is 11.4 Å². The Bertz CT molecular complexity index is 1150. The van der Waals surface area contributed by atoms with E-state index in [0.717, 1.165) is 37.7 Å². The first-order chi connectivity index (χ1) is 16.0. The van der Waals surface area contributed by atoms with Crippen molar-refractivity contribution in [2.45, 2.75) is 57.7 Å². The Hall–Kier alpha value is -2.11. The zero-order valence-corrected chi connectivity index (χ0v) is 21.7. The number of thioether (sulfide) groups is 1. The number of thiophene rings is 1. The second kappa shape index (κ2) is 10.9. The van der Waals surface area contributed by atoms with Gasteiger partial charge in [0.05, 0.1) is 17.9 Å². The molecule has 0 radical (unpaired) electrons. The number of carbonyl (C=O) groups is 2. The molecule has 0 aliphatic heterocycles. The molecule has 0 saturated heterocycles. The van der Waals surface area contributed by atoms with Crippen LogP contribution in [0.5, 0.6) is 0 Å². The van der Waals surface area contributed by atoms with Gasteiger partial charge < -0.3 is 14.5 Å². The minimum Gasteiger partial charge on any atom is -0.462 e. The van der Waals surface area contributed by atoms with Crippen molar-refractivity contribution in [2.24, 2.45) is 0 Å². The lowest BCUT2D eigenvalue weighted by Crippen LogP contribution is -2.17. The number of ether oxygens (including phenoxy) is 1. The molecular weight excluding hydrogens is 528 g/mol. The van der Waals surface area contributed by atoms with Crippen molar-refractivity contribution in [1.82, 2.24) is 14.8 Å². The van der Waals surface area contributed by atoms with Crippen LogP contribution in [0.3, 0.4) is 0 Å². The standard InChI is InChI=1S/C22H25BrN4O4S2/c1-3-27-19(14-10-11-16(23)31-14)25-26-22(27)32-12-17(28)24-20-18(21(29)30-4-2)13-8-6-5-7-9-15(13)33-20/h10-11H,3-9,12H2,1-2H3,(H,24,28). The first-order valence-corrected chi connectivity index (χ1v) is 13.5. The molecule has 0 saturated carbocycles. The van der Waals surface area contributed by atoms with Crippen molar-refractivity contribution >= 4 is 55.9 Å². The number of fused-ring (bicyclic) bond motifs is 1. The number of nitrogens with zero attached hydrogens (tertiary/aromatic N) is 3. The topological polar surface area (TPSA) is 99.2 Å². The van der Waals surface area contributed by atoms with Crippen LogP contribution in [0.15, 0.2) is 26.4 Å². The second-order valence-corrected chi connectivity index (χ2v) is 10.3. The Morgan fingerprint density at radius 3 is 2.79 bits per heavy atom. The Morgan fingerprint density at radius 2 is 2.06 bits per heavy atom. The molecule has 1 N–H and O–H groups in total. The molecule has 0 fully saturated rings. The van der Waals surface area contributed by atoms with Gasteiger partial charge in [0.25, 0.3) is 0 Å². The molecule has 0 aromatic carbocycles. The molecule has 1 aliphatic rings. The van der Waals surface area contributed by atoms with Gasteiger partial charge in [-0.1, -0.05) is 18.2 Å². The molecule has 3 aromatic heterocycles. The average molecular weight is 554 g/mol. The van der Waals surface area contributed by atoms with Crippen molar-refractivity contribution in [1.29, 1.82) is 0 Å². The van der Waals surface area contributed by atoms with Crippen molar-refractivity contribution in [3.8, 4) is 11.6 Å². The van der Waals surface area contributed by atoms with Crippen LogP contribution >= 0.6 is 39.0 Å². The van der Waals surface area contributed by atoms with Crippen molar-refractivity contribution in [2.75, 3.05) is 17.7 Å². The first kappa shape index (κ1) is 24.0. The van der Waals surface area contributed by atoms with Crippen LogP contribution in [0.2, 0.25) is 0 Å². The van der Waals surface area contributed by atoms with Crippen molar-refractivity contribution in [3.05, 3.63) is 32.8 Å². The van der Waals surface area contributed by atoms with Gasteiger partial charge in [0.15, 0.2) is 15.6 Å². The SMILES string of the molecule is CCOC(=O)c1c(NC(=O)CSc2nnc(-c3ccc(Br)o3)n2CC)sc2c1CCCCC2. The predicted octanol–water partition coefficient (Wildman–Crippen LogP) is 5.56. The number of hydrogen-bond donors (Lipinski definition) is 1. The fourth-order valence-electron chi connectivity index (χ4n) is 3.84. The van der Waals surface area contributed by atoms with E-state index in [1.54, 1.807) is 13.0 Å². The zero-order chi connectivity index (χ0) is 23.4. The third kappa shape index (κ3) is 5.36. The molecule has 8 nitrogen and oxygen atoms in total. The number of rotatable bonds is 8. The van der Waals surface area contributed by atoms with Gasteiger partial charge in [0.2, 0.25) is 11.7 Å². The number of anilines is 1. The predicted molar refractivity (Wildman–Crippen MR) is 132 cm³/mol. The number of furan rings is 1. The molecule has 0 atom stereocenters. The van der Waals surface area contributed by atoms with Crippen LogP contribution in [-0.4, -0.2) is 39.0 Å². The lowest BCUT2D eigenvalue weighted by atomic mass is 10.1. The fourth-order valence-corrected chi connectivity index (χ4v) is 6.24. The van der Waals surface area contributed by atoms with Crippen molar-refractivity contribution in [3.63, 3.8) is 0 Å². The van der Waals surface area contributed by atoms with Crippen LogP contribution in [0.4, 0.5) is 5.00 Å². The normalized spacial score (nSPS) is 13.4. The molecule has 3 heterocycles. The average Bonchev–Trinajstić information content (AvgIpc) is 3.44. The van der Waals surface area contributed by atoms with Gasteiger partial charge in [-0.2, -0.15) is 0 Å². The number of esters is 1. The summed E-state index contributed by atoms with van der Waals surface area (Å²) in [6, 6.07) is 3.62. The largest absolute Gasteiger partial charge is 0.462 e. The smallest absolute Gasteiger partial charge is 0.341 e. The van der Waals surface area contributed by atoms with E-state index in [1.807, 2.05) is 17.6 Å². The maximum atomic E-state index is 12.8. The molecular formula is C22H25BrN4O4S2. The minimum absolute atomic E-state index is 0.144. The molecule has 3 aromatic rings. The summed E-state index contributed by atoms with van der Waals surface area (Å²) in [5.74, 6) is 0.796. The molecule has 0 spiro atoms. The summed E-state index contributed by atoms with van der Waals surface area (Å²) in [7, 11) is 0. The highest BCUT2D eigenvalue weighted by Crippen LogP contribution is 2.38. The number of nitrogens with one attached hydrogen (secondary N) is 1. The summed E-state index contributed by atoms with van der Waals surface area (Å²) in [6.07, 6.45) is 5.07. The van der Waals surface area contributed by atoms with E-state index in [1.165, 1.54) is 28.0 Å². The number of aryl methyl sites for hydroxylation is 1. The summed E-state index contributed by atoms with van der Waals surface area (Å²) < 4.78 is 13.4. The van der Waals surface area contributed by atoms with Crippen LogP contribution < -0.4 is 5.32 Å². The number of aromatic nitrogens is 3. The molecule has 11 heteroatoms. The maximum absolute atomic E-state index is 12.8. The van der Waals surface area contributed by atoms with E-state index in [4.69, 9.17) is 9.15 Å². The highest BCUT2D eigenvalue weighted by atomic mass is 79.9. The van der Waals surface area contributed by atoms with E-state index in [2.05, 4.69) is 31.4 Å². The van der Waals surface area contributed by atoms with Gasteiger partial charge in [-0.3, -0.25) is 9.36 Å². The van der Waals surface area contributed by atoms with E-state index in [0.29, 0.717) is 45.1 Å². The quantitative estimate of drug-likeness (QED) is 0.222. The number of carbonyl (C=O) groups excluding carboxylic acids is 2. The number of hydrogen-bond acceptors (Lipinski definition) is 8. The zero-order valence-electron chi connectivity index (χ0n) is 18.5. The van der Waals surface area contributed by atoms with Gasteiger partial charge in [0.1, 0.15) is 5.00 Å². The van der Waals surface area contributed by atoms with Crippen molar-refractivity contribution < 1.29 is 18.7 Å². The maximum Gasteiger partial charge on any atom is 0.341 e. The Kier molecular flexibility index (Phi) is 7.92. The van der Waals surface area contributed by atoms with E-state index in [-0.39, 0.29) is 17.6 Å². The summed E-state index contributed by atoms with van der Waals surface area (Å²) in [4.78, 5) is 26.7. The molecule has 1 amide bonds. The summed E-state index contributed by atoms with van der Waals surface area (Å²) in [5, 5.41) is 12.6. The lowest BCUT2D eigenvalue weighted by molar-refractivity contribution is -0.113. The third-order valence-corrected chi connectivity index (χ3v) is 7.91. The minimum atomic E-state index is -0.361. The molecule has 33 heavy (non-hydrogen) atoms. The third-order valence-electron chi connectivity index (χ3n) is 5.31. The van der Waals surface area contributed by atoms with Crippen LogP contribution in [0.25, 0.3) is 11.6 Å². The fraction of sp³-hybridized carbons (Fsp3) is 0.455.